The van der Waals surface area contributed by atoms with Gasteiger partial charge in [-0.05, 0) is 53.4 Å². The Morgan fingerprint density at radius 3 is 2.17 bits per heavy atom. The number of nitrogens with zero attached hydrogens (tertiary/aromatic N) is 2. The Balaban J connectivity index is 1.78. The summed E-state index contributed by atoms with van der Waals surface area (Å²) in [7, 11) is 0. The van der Waals surface area contributed by atoms with Gasteiger partial charge < -0.3 is 19.3 Å². The molecule has 0 aromatic carbocycles. The summed E-state index contributed by atoms with van der Waals surface area (Å²) in [4.78, 5) is 26.1. The lowest BCUT2D eigenvalue weighted by Crippen LogP contribution is -2.44. The van der Waals surface area contributed by atoms with Crippen molar-refractivity contribution in [2.24, 2.45) is 0 Å². The topological polar surface area (TPSA) is 91.9 Å². The van der Waals surface area contributed by atoms with E-state index in [0.717, 1.165) is 59.4 Å². The van der Waals surface area contributed by atoms with Crippen molar-refractivity contribution < 1.29 is 23.7 Å². The molecule has 1 aromatic rings. The SMILES string of the molecule is CCCC1(CCC)OC2[C@@H](O1)[C@@H](CO)O[C@H]2n1cc(F)c(=O)n(CC=C(C)CCC=C(C)CCC=C(C)C)c1=O. The highest BCUT2D eigenvalue weighted by Crippen LogP contribution is 2.46. The molecule has 9 heteroatoms. The van der Waals surface area contributed by atoms with E-state index in [1.165, 1.54) is 11.1 Å². The molecule has 0 bridgehead atoms. The first-order valence-electron chi connectivity index (χ1n) is 14.6. The zero-order chi connectivity index (χ0) is 29.4. The van der Waals surface area contributed by atoms with Crippen molar-refractivity contribution in [2.75, 3.05) is 6.61 Å². The van der Waals surface area contributed by atoms with Crippen LogP contribution in [0.2, 0.25) is 0 Å². The maximum Gasteiger partial charge on any atom is 0.333 e. The number of ether oxygens (including phenoxy) is 3. The van der Waals surface area contributed by atoms with Crippen LogP contribution in [0.1, 0.15) is 99.1 Å². The van der Waals surface area contributed by atoms with Gasteiger partial charge in [-0.2, -0.15) is 4.39 Å². The zero-order valence-corrected chi connectivity index (χ0v) is 25.0. The molecule has 0 aliphatic carbocycles. The fraction of sp³-hybridized carbons (Fsp3) is 0.677. The van der Waals surface area contributed by atoms with Crippen LogP contribution >= 0.6 is 0 Å². The van der Waals surface area contributed by atoms with E-state index in [1.54, 1.807) is 6.08 Å². The molecule has 0 radical (unpaired) electrons. The van der Waals surface area contributed by atoms with E-state index in [4.69, 9.17) is 14.2 Å². The first-order valence-corrected chi connectivity index (χ1v) is 14.6. The fourth-order valence-corrected chi connectivity index (χ4v) is 5.51. The number of aliphatic hydroxyl groups excluding tert-OH is 1. The maximum absolute atomic E-state index is 14.9. The number of hydrogen-bond acceptors (Lipinski definition) is 6. The van der Waals surface area contributed by atoms with Gasteiger partial charge in [0, 0.05) is 19.4 Å². The van der Waals surface area contributed by atoms with Crippen molar-refractivity contribution in [3.63, 3.8) is 0 Å². The smallest absolute Gasteiger partial charge is 0.333 e. The lowest BCUT2D eigenvalue weighted by atomic mass is 10.1. The van der Waals surface area contributed by atoms with Crippen LogP contribution in [-0.4, -0.2) is 44.9 Å². The van der Waals surface area contributed by atoms with Gasteiger partial charge in [0.2, 0.25) is 5.82 Å². The summed E-state index contributed by atoms with van der Waals surface area (Å²) in [6.07, 6.45) is 10.6. The van der Waals surface area contributed by atoms with Crippen LogP contribution in [0.15, 0.2) is 50.7 Å². The van der Waals surface area contributed by atoms with E-state index < -0.39 is 47.4 Å². The lowest BCUT2D eigenvalue weighted by Gasteiger charge is -2.31. The molecule has 1 N–H and O–H groups in total. The van der Waals surface area contributed by atoms with Crippen LogP contribution in [0, 0.1) is 5.82 Å². The highest BCUT2D eigenvalue weighted by Gasteiger charge is 2.58. The first-order chi connectivity index (χ1) is 19.1. The second-order valence-corrected chi connectivity index (χ2v) is 11.4. The average molecular weight is 563 g/mol. The lowest BCUT2D eigenvalue weighted by molar-refractivity contribution is -0.227. The van der Waals surface area contributed by atoms with Crippen LogP contribution in [-0.2, 0) is 20.8 Å². The van der Waals surface area contributed by atoms with Crippen molar-refractivity contribution in [1.82, 2.24) is 9.13 Å². The fourth-order valence-electron chi connectivity index (χ4n) is 5.51. The van der Waals surface area contributed by atoms with Gasteiger partial charge in [-0.15, -0.1) is 0 Å². The van der Waals surface area contributed by atoms with Gasteiger partial charge in [0.1, 0.15) is 18.3 Å². The number of halogens is 1. The Bertz CT molecular complexity index is 1200. The van der Waals surface area contributed by atoms with Crippen molar-refractivity contribution in [2.45, 2.75) is 130 Å². The summed E-state index contributed by atoms with van der Waals surface area (Å²) in [5.74, 6) is -1.90. The van der Waals surface area contributed by atoms with Gasteiger partial charge in [0.15, 0.2) is 12.0 Å². The van der Waals surface area contributed by atoms with Crippen molar-refractivity contribution in [1.29, 1.82) is 0 Å². The van der Waals surface area contributed by atoms with Crippen LogP contribution in [0.3, 0.4) is 0 Å². The number of allylic oxidation sites excluding steroid dienone is 6. The zero-order valence-electron chi connectivity index (χ0n) is 25.0. The highest BCUT2D eigenvalue weighted by molar-refractivity contribution is 5.07. The highest BCUT2D eigenvalue weighted by atomic mass is 19.1. The molecule has 40 heavy (non-hydrogen) atoms. The molecule has 224 valence electrons. The van der Waals surface area contributed by atoms with Gasteiger partial charge in [0.05, 0.1) is 12.8 Å². The first kappa shape index (κ1) is 32.2. The second kappa shape index (κ2) is 14.5. The molecule has 1 aromatic heterocycles. The molecular weight excluding hydrogens is 515 g/mol. The average Bonchev–Trinajstić information content (AvgIpc) is 3.41. The minimum Gasteiger partial charge on any atom is -0.394 e. The van der Waals surface area contributed by atoms with Crippen LogP contribution in [0.5, 0.6) is 0 Å². The molecule has 0 amide bonds. The second-order valence-electron chi connectivity index (χ2n) is 11.4. The summed E-state index contributed by atoms with van der Waals surface area (Å²) < 4.78 is 35.4. The van der Waals surface area contributed by atoms with Gasteiger partial charge in [0.25, 0.3) is 5.56 Å². The maximum atomic E-state index is 14.9. The third-order valence-corrected chi connectivity index (χ3v) is 7.60. The van der Waals surface area contributed by atoms with E-state index in [0.29, 0.717) is 12.8 Å². The van der Waals surface area contributed by atoms with Crippen LogP contribution < -0.4 is 11.2 Å². The largest absolute Gasteiger partial charge is 0.394 e. The molecule has 8 nitrogen and oxygen atoms in total. The van der Waals surface area contributed by atoms with Crippen LogP contribution in [0.4, 0.5) is 4.39 Å². The number of hydrogen-bond donors (Lipinski definition) is 1. The van der Waals surface area contributed by atoms with Crippen molar-refractivity contribution >= 4 is 0 Å². The molecule has 3 rings (SSSR count). The molecule has 4 atom stereocenters. The Morgan fingerprint density at radius 1 is 0.975 bits per heavy atom. The van der Waals surface area contributed by atoms with Gasteiger partial charge in [-0.25, -0.2) is 4.79 Å². The molecule has 0 saturated carbocycles. The number of aliphatic hydroxyl groups is 1. The minimum atomic E-state index is -1.06. The molecule has 2 saturated heterocycles. The molecular formula is C31H47FN2O6. The third-order valence-electron chi connectivity index (χ3n) is 7.60. The van der Waals surface area contributed by atoms with E-state index in [9.17, 15) is 19.1 Å². The standard InChI is InChI=1S/C31H47FN2O6/c1-7-16-31(17-8-2)39-26-25(20-35)38-29(27(26)40-31)34-19-24(32)28(36)33(30(34)37)18-15-23(6)14-10-13-22(5)12-9-11-21(3)4/h11,13,15,19,25-27,29,35H,7-10,12,14,16-18,20H2,1-6H3/t25-,26+,27?,29-/m1/s1. The molecule has 2 aliphatic heterocycles. The van der Waals surface area contributed by atoms with Crippen molar-refractivity contribution in [3.05, 3.63) is 67.8 Å². The predicted molar refractivity (Wildman–Crippen MR) is 154 cm³/mol. The molecule has 1 unspecified atom stereocenters. The van der Waals surface area contributed by atoms with E-state index >= 15 is 0 Å². The normalized spacial score (nSPS) is 24.4. The Morgan fingerprint density at radius 2 is 1.57 bits per heavy atom. The van der Waals surface area contributed by atoms with Crippen LogP contribution in [0.25, 0.3) is 0 Å². The summed E-state index contributed by atoms with van der Waals surface area (Å²) in [5, 5.41) is 9.95. The molecule has 3 heterocycles. The quantitative estimate of drug-likeness (QED) is 0.300. The van der Waals surface area contributed by atoms with Gasteiger partial charge in [-0.1, -0.05) is 61.6 Å². The van der Waals surface area contributed by atoms with Crippen molar-refractivity contribution in [3.8, 4) is 0 Å². The Kier molecular flexibility index (Phi) is 11.7. The number of aromatic nitrogens is 2. The summed E-state index contributed by atoms with van der Waals surface area (Å²) in [6.45, 7) is 11.9. The molecule has 0 spiro atoms. The van der Waals surface area contributed by atoms with Gasteiger partial charge >= 0.3 is 5.69 Å². The number of fused-ring (bicyclic) bond motifs is 1. The molecule has 2 aliphatic rings. The van der Waals surface area contributed by atoms with E-state index in [2.05, 4.69) is 32.9 Å². The third kappa shape index (κ3) is 7.69. The molecule has 2 fully saturated rings. The van der Waals surface area contributed by atoms with Gasteiger partial charge in [-0.3, -0.25) is 13.9 Å². The van der Waals surface area contributed by atoms with E-state index in [-0.39, 0.29) is 13.2 Å². The summed E-state index contributed by atoms with van der Waals surface area (Å²) >= 11 is 0. The minimum absolute atomic E-state index is 0.0538. The predicted octanol–water partition coefficient (Wildman–Crippen LogP) is 5.54. The monoisotopic (exact) mass is 562 g/mol. The summed E-state index contributed by atoms with van der Waals surface area (Å²) in [6, 6.07) is 0. The Labute approximate surface area is 237 Å². The summed E-state index contributed by atoms with van der Waals surface area (Å²) in [5.41, 5.74) is 1.97. The van der Waals surface area contributed by atoms with E-state index in [1.807, 2.05) is 20.8 Å². The Hall–Kier alpha value is -2.33. The number of rotatable bonds is 14.